The van der Waals surface area contributed by atoms with Crippen LogP contribution in [0.15, 0.2) is 12.1 Å². The lowest BCUT2D eigenvalue weighted by Gasteiger charge is -2.23. The second kappa shape index (κ2) is 8.83. The van der Waals surface area contributed by atoms with Crippen molar-refractivity contribution in [2.24, 2.45) is 0 Å². The second-order valence-electron chi connectivity index (χ2n) is 6.74. The molecule has 2 aromatic rings. The standard InChI is InChI=1S/C17H25ClN4O3S2/c1-12-13(18)7-8-14-16(12)19-17(26-14)22(10-6-9-20(2)3)15(23)11-21(4)27(5,24)25/h7-8H,6,9-11H2,1-5H3. The molecule has 0 atom stereocenters. The van der Waals surface area contributed by atoms with E-state index in [9.17, 15) is 13.2 Å². The van der Waals surface area contributed by atoms with Gasteiger partial charge in [-0.1, -0.05) is 22.9 Å². The van der Waals surface area contributed by atoms with Crippen molar-refractivity contribution < 1.29 is 13.2 Å². The monoisotopic (exact) mass is 432 g/mol. The van der Waals surface area contributed by atoms with Crippen LogP contribution in [-0.2, 0) is 14.8 Å². The maximum Gasteiger partial charge on any atom is 0.244 e. The van der Waals surface area contributed by atoms with Crippen LogP contribution in [0.4, 0.5) is 5.13 Å². The summed E-state index contributed by atoms with van der Waals surface area (Å²) in [7, 11) is 1.88. The summed E-state index contributed by atoms with van der Waals surface area (Å²) in [5, 5.41) is 1.18. The van der Waals surface area contributed by atoms with Gasteiger partial charge in [0, 0.05) is 18.6 Å². The fourth-order valence-corrected chi connectivity index (χ4v) is 4.04. The number of sulfonamides is 1. The van der Waals surface area contributed by atoms with Crippen molar-refractivity contribution in [3.05, 3.63) is 22.7 Å². The molecule has 0 spiro atoms. The van der Waals surface area contributed by atoms with Crippen molar-refractivity contribution in [3.63, 3.8) is 0 Å². The van der Waals surface area contributed by atoms with Crippen molar-refractivity contribution >= 4 is 54.2 Å². The third kappa shape index (κ3) is 5.61. The van der Waals surface area contributed by atoms with Crippen LogP contribution < -0.4 is 4.90 Å². The molecule has 0 unspecified atom stereocenters. The molecule has 1 aromatic heterocycles. The van der Waals surface area contributed by atoms with Gasteiger partial charge in [0.1, 0.15) is 0 Å². The van der Waals surface area contributed by atoms with Gasteiger partial charge in [-0.3, -0.25) is 9.69 Å². The molecule has 0 aliphatic rings. The summed E-state index contributed by atoms with van der Waals surface area (Å²) in [6.07, 6.45) is 1.83. The Balaban J connectivity index is 2.34. The molecule has 10 heteroatoms. The molecule has 150 valence electrons. The molecule has 2 rings (SSSR count). The SMILES string of the molecule is Cc1c(Cl)ccc2sc(N(CCCN(C)C)C(=O)CN(C)S(C)(=O)=O)nc12. The Labute approximate surface area is 169 Å². The quantitative estimate of drug-likeness (QED) is 0.640. The van der Waals surface area contributed by atoms with E-state index in [-0.39, 0.29) is 12.5 Å². The van der Waals surface area contributed by atoms with Gasteiger partial charge in [0.2, 0.25) is 15.9 Å². The minimum Gasteiger partial charge on any atom is -0.309 e. The number of aromatic nitrogens is 1. The summed E-state index contributed by atoms with van der Waals surface area (Å²) in [5.41, 5.74) is 1.63. The summed E-state index contributed by atoms with van der Waals surface area (Å²) in [6, 6.07) is 3.70. The molecule has 0 aliphatic carbocycles. The van der Waals surface area contributed by atoms with Crippen LogP contribution in [0.2, 0.25) is 5.02 Å². The number of rotatable bonds is 8. The van der Waals surface area contributed by atoms with Crippen LogP contribution in [0.1, 0.15) is 12.0 Å². The van der Waals surface area contributed by atoms with Crippen LogP contribution in [0.3, 0.4) is 0 Å². The summed E-state index contributed by atoms with van der Waals surface area (Å²) in [5.74, 6) is -0.301. The average molecular weight is 433 g/mol. The van der Waals surface area contributed by atoms with Gasteiger partial charge in [0.15, 0.2) is 5.13 Å². The van der Waals surface area contributed by atoms with Crippen molar-refractivity contribution in [1.29, 1.82) is 0 Å². The summed E-state index contributed by atoms with van der Waals surface area (Å²) in [4.78, 5) is 21.1. The average Bonchev–Trinajstić information content (AvgIpc) is 2.98. The van der Waals surface area contributed by atoms with E-state index in [1.807, 2.05) is 38.1 Å². The number of hydrogen-bond acceptors (Lipinski definition) is 6. The molecule has 0 fully saturated rings. The Morgan fingerprint density at radius 1 is 1.22 bits per heavy atom. The van der Waals surface area contributed by atoms with Gasteiger partial charge < -0.3 is 4.90 Å². The van der Waals surface area contributed by atoms with Gasteiger partial charge >= 0.3 is 0 Å². The number of carbonyl (C=O) groups is 1. The highest BCUT2D eigenvalue weighted by molar-refractivity contribution is 7.88. The minimum absolute atomic E-state index is 0.226. The zero-order valence-electron chi connectivity index (χ0n) is 16.2. The number of amides is 1. The van der Waals surface area contributed by atoms with E-state index in [1.54, 1.807) is 4.90 Å². The van der Waals surface area contributed by atoms with Crippen LogP contribution >= 0.6 is 22.9 Å². The second-order valence-corrected chi connectivity index (χ2v) is 10.2. The first-order valence-corrected chi connectivity index (χ1v) is 11.5. The smallest absolute Gasteiger partial charge is 0.244 e. The normalized spacial score (nSPS) is 12.3. The van der Waals surface area contributed by atoms with E-state index in [2.05, 4.69) is 4.98 Å². The van der Waals surface area contributed by atoms with Gasteiger partial charge in [-0.2, -0.15) is 4.31 Å². The molecular weight excluding hydrogens is 408 g/mol. The van der Waals surface area contributed by atoms with Crippen molar-refractivity contribution in [2.45, 2.75) is 13.3 Å². The highest BCUT2D eigenvalue weighted by Crippen LogP contribution is 2.33. The summed E-state index contributed by atoms with van der Waals surface area (Å²) < 4.78 is 25.3. The van der Waals surface area contributed by atoms with E-state index in [4.69, 9.17) is 11.6 Å². The lowest BCUT2D eigenvalue weighted by molar-refractivity contribution is -0.118. The highest BCUT2D eigenvalue weighted by Gasteiger charge is 2.24. The molecule has 7 nitrogen and oxygen atoms in total. The third-order valence-electron chi connectivity index (χ3n) is 4.18. The van der Waals surface area contributed by atoms with Gasteiger partial charge in [0.05, 0.1) is 23.0 Å². The fourth-order valence-electron chi connectivity index (χ4n) is 2.47. The number of halogens is 1. The van der Waals surface area contributed by atoms with Crippen LogP contribution in [-0.4, -0.2) is 75.5 Å². The first-order valence-electron chi connectivity index (χ1n) is 8.42. The van der Waals surface area contributed by atoms with Crippen molar-refractivity contribution in [3.8, 4) is 0 Å². The molecule has 0 saturated carbocycles. The number of likely N-dealkylation sites (N-methyl/N-ethyl adjacent to an activating group) is 1. The molecule has 0 N–H and O–H groups in total. The molecule has 0 bridgehead atoms. The molecule has 0 aliphatic heterocycles. The van der Waals surface area contributed by atoms with Crippen molar-refractivity contribution in [1.82, 2.24) is 14.2 Å². The maximum absolute atomic E-state index is 12.9. The predicted octanol–water partition coefficient (Wildman–Crippen LogP) is 2.43. The topological polar surface area (TPSA) is 73.8 Å². The predicted molar refractivity (Wildman–Crippen MR) is 112 cm³/mol. The minimum atomic E-state index is -3.44. The number of nitrogens with zero attached hydrogens (tertiary/aromatic N) is 4. The number of hydrogen-bond donors (Lipinski definition) is 0. The van der Waals surface area contributed by atoms with Crippen LogP contribution in [0.25, 0.3) is 10.2 Å². The largest absolute Gasteiger partial charge is 0.309 e. The Bertz CT molecular complexity index is 928. The number of thiazole rings is 1. The lowest BCUT2D eigenvalue weighted by Crippen LogP contribution is -2.42. The Kier molecular flexibility index (Phi) is 7.20. The molecule has 1 aromatic carbocycles. The molecule has 0 radical (unpaired) electrons. The van der Waals surface area contributed by atoms with E-state index < -0.39 is 10.0 Å². The van der Waals surface area contributed by atoms with Crippen molar-refractivity contribution in [2.75, 3.05) is 51.9 Å². The number of fused-ring (bicyclic) bond motifs is 1. The Morgan fingerprint density at radius 2 is 1.89 bits per heavy atom. The highest BCUT2D eigenvalue weighted by atomic mass is 35.5. The van der Waals surface area contributed by atoms with Gasteiger partial charge in [-0.25, -0.2) is 13.4 Å². The third-order valence-corrected chi connectivity index (χ3v) is 6.89. The molecule has 1 amide bonds. The molecule has 1 heterocycles. The first-order chi connectivity index (χ1) is 12.5. The number of anilines is 1. The first kappa shape index (κ1) is 22.0. The maximum atomic E-state index is 12.9. The zero-order chi connectivity index (χ0) is 20.4. The number of aryl methyl sites for hydroxylation is 1. The van der Waals surface area contributed by atoms with E-state index in [1.165, 1.54) is 18.4 Å². The van der Waals surface area contributed by atoms with Gasteiger partial charge in [-0.05, 0) is 51.7 Å². The molecule has 0 saturated heterocycles. The molecule has 27 heavy (non-hydrogen) atoms. The summed E-state index contributed by atoms with van der Waals surface area (Å²) in [6.45, 7) is 2.93. The zero-order valence-corrected chi connectivity index (χ0v) is 18.6. The van der Waals surface area contributed by atoms with Crippen LogP contribution in [0.5, 0.6) is 0 Å². The van der Waals surface area contributed by atoms with Crippen LogP contribution in [0, 0.1) is 6.92 Å². The van der Waals surface area contributed by atoms with Gasteiger partial charge in [-0.15, -0.1) is 0 Å². The van der Waals surface area contributed by atoms with E-state index >= 15 is 0 Å². The Hall–Kier alpha value is -1.26. The summed E-state index contributed by atoms with van der Waals surface area (Å²) >= 11 is 7.59. The molecular formula is C17H25ClN4O3S2. The van der Waals surface area contributed by atoms with Gasteiger partial charge in [0.25, 0.3) is 0 Å². The number of benzene rings is 1. The Morgan fingerprint density at radius 3 is 2.48 bits per heavy atom. The van der Waals surface area contributed by atoms with E-state index in [0.717, 1.165) is 39.3 Å². The van der Waals surface area contributed by atoms with E-state index in [0.29, 0.717) is 16.7 Å². The number of carbonyl (C=O) groups excluding carboxylic acids is 1. The fraction of sp³-hybridized carbons (Fsp3) is 0.529. The lowest BCUT2D eigenvalue weighted by atomic mass is 10.2.